The largest absolute Gasteiger partial charge is 0.550 e. The van der Waals surface area contributed by atoms with Gasteiger partial charge in [0.2, 0.25) is 0 Å². The number of hydrogen-bond donors (Lipinski definition) is 0. The Morgan fingerprint density at radius 1 is 1.00 bits per heavy atom. The Balaban J connectivity index is 0.00000108. The summed E-state index contributed by atoms with van der Waals surface area (Å²) < 4.78 is 2.35. The fourth-order valence-electron chi connectivity index (χ4n) is 2.53. The van der Waals surface area contributed by atoms with Crippen molar-refractivity contribution in [1.82, 2.24) is 0 Å². The van der Waals surface area contributed by atoms with Crippen molar-refractivity contribution < 1.29 is 14.5 Å². The molecule has 1 aromatic heterocycles. The Kier molecular flexibility index (Phi) is 14.6. The molecule has 0 aliphatic heterocycles. The number of carboxylic acids is 1. The first-order valence-corrected chi connectivity index (χ1v) is 9.25. The van der Waals surface area contributed by atoms with Gasteiger partial charge in [0.25, 0.3) is 0 Å². The number of nitrogens with zero attached hydrogens (tertiary/aromatic N) is 1. The second-order valence-corrected chi connectivity index (χ2v) is 6.12. The first kappa shape index (κ1) is 21.6. The lowest BCUT2D eigenvalue weighted by Gasteiger charge is -2.01. The number of pyridine rings is 1. The Morgan fingerprint density at radius 2 is 1.52 bits per heavy atom. The average Bonchev–Trinajstić information content (AvgIpc) is 2.53. The van der Waals surface area contributed by atoms with E-state index in [4.69, 9.17) is 9.90 Å². The van der Waals surface area contributed by atoms with Gasteiger partial charge in [0.1, 0.15) is 6.54 Å². The maximum absolute atomic E-state index is 8.89. The van der Waals surface area contributed by atoms with Gasteiger partial charge in [0.05, 0.1) is 0 Å². The summed E-state index contributed by atoms with van der Waals surface area (Å²) in [5.74, 6) is -1.08. The smallest absolute Gasteiger partial charge is 0.171 e. The van der Waals surface area contributed by atoms with Gasteiger partial charge in [0, 0.05) is 24.0 Å². The summed E-state index contributed by atoms with van der Waals surface area (Å²) in [5, 5.41) is 8.89. The van der Waals surface area contributed by atoms with Gasteiger partial charge in [-0.05, 0) is 25.8 Å². The van der Waals surface area contributed by atoms with Crippen molar-refractivity contribution in [2.45, 2.75) is 91.5 Å². The van der Waals surface area contributed by atoms with E-state index in [-0.39, 0.29) is 0 Å². The number of rotatable bonds is 11. The normalized spacial score (nSPS) is 10.0. The van der Waals surface area contributed by atoms with E-state index in [2.05, 4.69) is 42.9 Å². The summed E-state index contributed by atoms with van der Waals surface area (Å²) in [7, 11) is 0. The van der Waals surface area contributed by atoms with E-state index in [9.17, 15) is 0 Å². The summed E-state index contributed by atoms with van der Waals surface area (Å²) in [4.78, 5) is 8.89. The summed E-state index contributed by atoms with van der Waals surface area (Å²) in [6.45, 7) is 6.66. The zero-order chi connectivity index (χ0) is 17.3. The van der Waals surface area contributed by atoms with Crippen molar-refractivity contribution >= 4 is 5.97 Å². The average molecular weight is 322 g/mol. The maximum Gasteiger partial charge on any atom is 0.171 e. The SMILES string of the molecule is CC(=O)[O-].CCCCCCCCCCC[n+]1cccc(CC)c1. The molecule has 132 valence electrons. The Bertz CT molecular complexity index is 400. The van der Waals surface area contributed by atoms with Crippen LogP contribution in [-0.2, 0) is 17.8 Å². The molecule has 0 bridgehead atoms. The molecule has 0 aliphatic carbocycles. The highest BCUT2D eigenvalue weighted by Gasteiger charge is 2.01. The molecule has 0 spiro atoms. The van der Waals surface area contributed by atoms with Gasteiger partial charge in [-0.3, -0.25) is 0 Å². The lowest BCUT2D eigenvalue weighted by Crippen LogP contribution is -2.33. The topological polar surface area (TPSA) is 44.0 Å². The highest BCUT2D eigenvalue weighted by atomic mass is 16.4. The molecular weight excluding hydrogens is 286 g/mol. The Labute approximate surface area is 142 Å². The number of aliphatic carboxylic acids is 1. The molecular formula is C20H35NO2. The van der Waals surface area contributed by atoms with E-state index in [1.54, 1.807) is 0 Å². The van der Waals surface area contributed by atoms with Gasteiger partial charge >= 0.3 is 0 Å². The lowest BCUT2D eigenvalue weighted by atomic mass is 10.1. The van der Waals surface area contributed by atoms with Gasteiger partial charge in [-0.1, -0.05) is 58.8 Å². The highest BCUT2D eigenvalue weighted by molar-refractivity contribution is 5.60. The Morgan fingerprint density at radius 3 is 2.04 bits per heavy atom. The van der Waals surface area contributed by atoms with Crippen LogP contribution in [0.2, 0.25) is 0 Å². The van der Waals surface area contributed by atoms with Gasteiger partial charge in [-0.15, -0.1) is 0 Å². The quantitative estimate of drug-likeness (QED) is 0.459. The Hall–Kier alpha value is -1.38. The fraction of sp³-hybridized carbons (Fsp3) is 0.700. The van der Waals surface area contributed by atoms with Crippen molar-refractivity contribution in [3.63, 3.8) is 0 Å². The van der Waals surface area contributed by atoms with Crippen molar-refractivity contribution in [2.24, 2.45) is 0 Å². The highest BCUT2D eigenvalue weighted by Crippen LogP contribution is 2.09. The van der Waals surface area contributed by atoms with E-state index in [1.807, 2.05) is 0 Å². The molecule has 0 fully saturated rings. The van der Waals surface area contributed by atoms with Crippen LogP contribution in [0.1, 0.15) is 84.1 Å². The molecule has 23 heavy (non-hydrogen) atoms. The molecule has 0 N–H and O–H groups in total. The summed E-state index contributed by atoms with van der Waals surface area (Å²) in [6.07, 6.45) is 18.3. The second kappa shape index (κ2) is 15.5. The maximum atomic E-state index is 8.89. The minimum atomic E-state index is -1.08. The summed E-state index contributed by atoms with van der Waals surface area (Å²) >= 11 is 0. The van der Waals surface area contributed by atoms with Crippen LogP contribution >= 0.6 is 0 Å². The van der Waals surface area contributed by atoms with E-state index in [0.717, 1.165) is 13.3 Å². The van der Waals surface area contributed by atoms with Crippen LogP contribution in [0.5, 0.6) is 0 Å². The molecule has 0 amide bonds. The molecule has 0 aliphatic rings. The van der Waals surface area contributed by atoms with Crippen LogP contribution in [0, 0.1) is 0 Å². The van der Waals surface area contributed by atoms with Crippen molar-refractivity contribution in [3.05, 3.63) is 30.1 Å². The van der Waals surface area contributed by atoms with E-state index in [0.29, 0.717) is 0 Å². The van der Waals surface area contributed by atoms with Crippen molar-refractivity contribution in [2.75, 3.05) is 0 Å². The number of carboxylic acid groups (broad SMARTS) is 1. The molecule has 1 heterocycles. The third-order valence-corrected chi connectivity index (χ3v) is 3.85. The third-order valence-electron chi connectivity index (χ3n) is 3.85. The van der Waals surface area contributed by atoms with E-state index in [1.165, 1.54) is 69.9 Å². The second-order valence-electron chi connectivity index (χ2n) is 6.12. The van der Waals surface area contributed by atoms with Crippen molar-refractivity contribution in [3.8, 4) is 0 Å². The van der Waals surface area contributed by atoms with Crippen LogP contribution in [0.4, 0.5) is 0 Å². The first-order valence-electron chi connectivity index (χ1n) is 9.25. The minimum absolute atomic E-state index is 0.972. The van der Waals surface area contributed by atoms with Crippen LogP contribution < -0.4 is 9.67 Å². The molecule has 0 atom stereocenters. The zero-order valence-corrected chi connectivity index (χ0v) is 15.4. The van der Waals surface area contributed by atoms with E-state index < -0.39 is 5.97 Å². The fourth-order valence-corrected chi connectivity index (χ4v) is 2.53. The van der Waals surface area contributed by atoms with Gasteiger partial charge in [-0.25, -0.2) is 4.57 Å². The van der Waals surface area contributed by atoms with E-state index >= 15 is 0 Å². The number of unbranched alkanes of at least 4 members (excludes halogenated alkanes) is 8. The summed E-state index contributed by atoms with van der Waals surface area (Å²) in [6, 6.07) is 4.39. The molecule has 3 heteroatoms. The molecule has 1 rings (SSSR count). The monoisotopic (exact) mass is 321 g/mol. The number of aryl methyl sites for hydroxylation is 2. The van der Waals surface area contributed by atoms with Crippen molar-refractivity contribution in [1.29, 1.82) is 0 Å². The number of carbonyl (C=O) groups is 1. The van der Waals surface area contributed by atoms with Gasteiger partial charge < -0.3 is 9.90 Å². The van der Waals surface area contributed by atoms with Gasteiger partial charge in [-0.2, -0.15) is 0 Å². The molecule has 3 nitrogen and oxygen atoms in total. The number of carbonyl (C=O) groups excluding carboxylic acids is 1. The van der Waals surface area contributed by atoms with Gasteiger partial charge in [0.15, 0.2) is 12.4 Å². The van der Waals surface area contributed by atoms with Crippen LogP contribution in [-0.4, -0.2) is 5.97 Å². The van der Waals surface area contributed by atoms with Crippen LogP contribution in [0.15, 0.2) is 24.5 Å². The number of aromatic nitrogens is 1. The standard InChI is InChI=1S/C18H32N.C2H4O2/c1-3-5-6-7-8-9-10-11-12-15-19-16-13-14-18(4-2)17-19;1-2(3)4/h13-14,16-17H,3-12,15H2,1-2H3;1H3,(H,3,4)/q+1;/p-1. The molecule has 0 radical (unpaired) electrons. The number of hydrogen-bond acceptors (Lipinski definition) is 2. The minimum Gasteiger partial charge on any atom is -0.550 e. The molecule has 1 aromatic rings. The van der Waals surface area contributed by atoms with Crippen LogP contribution in [0.3, 0.4) is 0 Å². The van der Waals surface area contributed by atoms with Crippen LogP contribution in [0.25, 0.3) is 0 Å². The predicted molar refractivity (Wildman–Crippen MR) is 93.9 cm³/mol. The molecule has 0 saturated carbocycles. The molecule has 0 unspecified atom stereocenters. The molecule has 0 aromatic carbocycles. The predicted octanol–water partition coefficient (Wildman–Crippen LogP) is 3.82. The first-order chi connectivity index (χ1) is 11.1. The summed E-state index contributed by atoms with van der Waals surface area (Å²) in [5.41, 5.74) is 1.44. The lowest BCUT2D eigenvalue weighted by molar-refractivity contribution is -0.697. The third kappa shape index (κ3) is 15.3. The zero-order valence-electron chi connectivity index (χ0n) is 15.4. The molecule has 0 saturated heterocycles.